The highest BCUT2D eigenvalue weighted by Crippen LogP contribution is 2.10. The molecule has 0 bridgehead atoms. The van der Waals surface area contributed by atoms with E-state index in [2.05, 4.69) is 25.7 Å². The minimum Gasteiger partial charge on any atom is -0.312 e. The van der Waals surface area contributed by atoms with Crippen LogP contribution >= 0.6 is 0 Å². The lowest BCUT2D eigenvalue weighted by Crippen LogP contribution is -2.11. The highest BCUT2D eigenvalue weighted by Gasteiger charge is 1.94. The molecule has 1 nitrogen and oxygen atoms in total. The number of rotatable bonds is 18. The number of hydrogen-bond acceptors (Lipinski definition) is 1. The molecule has 1 heteroatoms. The number of hydrogen-bond donors (Lipinski definition) is 1. The van der Waals surface area contributed by atoms with Crippen LogP contribution in [0.15, 0.2) is 0 Å². The van der Waals surface area contributed by atoms with Crippen molar-refractivity contribution >= 4 is 0 Å². The lowest BCUT2D eigenvalue weighted by atomic mass is 10.1. The van der Waals surface area contributed by atoms with E-state index in [1.54, 1.807) is 0 Å². The summed E-state index contributed by atoms with van der Waals surface area (Å²) in [4.78, 5) is 0. The maximum absolute atomic E-state index is 3.48. The Morgan fingerprint density at radius 2 is 0.952 bits per heavy atom. The Labute approximate surface area is 135 Å². The van der Waals surface area contributed by atoms with E-state index in [1.807, 2.05) is 0 Å². The van der Waals surface area contributed by atoms with Crippen molar-refractivity contribution < 1.29 is 0 Å². The maximum atomic E-state index is 3.48. The topological polar surface area (TPSA) is 12.0 Å². The van der Waals surface area contributed by atoms with Crippen LogP contribution in [-0.4, -0.2) is 6.54 Å². The van der Waals surface area contributed by atoms with E-state index in [0.717, 1.165) is 0 Å². The van der Waals surface area contributed by atoms with Crippen LogP contribution < -0.4 is 5.32 Å². The number of nitrogens with one attached hydrogen (secondary N) is 1. The third kappa shape index (κ3) is 20.0. The van der Waals surface area contributed by atoms with Gasteiger partial charge in [0, 0.05) is 6.54 Å². The van der Waals surface area contributed by atoms with Crippen molar-refractivity contribution in [3.8, 4) is 0 Å². The second-order valence-corrected chi connectivity index (χ2v) is 6.54. The van der Waals surface area contributed by atoms with Gasteiger partial charge in [-0.05, 0) is 19.4 Å². The Hall–Kier alpha value is -0.0400. The molecule has 0 aliphatic heterocycles. The van der Waals surface area contributed by atoms with E-state index < -0.39 is 0 Å². The van der Waals surface area contributed by atoms with Gasteiger partial charge in [0.15, 0.2) is 0 Å². The Balaban J connectivity index is 2.90. The van der Waals surface area contributed by atoms with Crippen molar-refractivity contribution in [3.63, 3.8) is 0 Å². The number of unbranched alkanes of at least 4 members (excludes halogenated alkanes) is 14. The molecular weight excluding hydrogens is 254 g/mol. The molecule has 0 unspecified atom stereocenters. The monoisotopic (exact) mass is 296 g/mol. The van der Waals surface area contributed by atoms with E-state index >= 15 is 0 Å². The third-order valence-electron chi connectivity index (χ3n) is 4.27. The molecule has 0 atom stereocenters. The molecule has 0 saturated heterocycles. The molecule has 0 aromatic carbocycles. The quantitative estimate of drug-likeness (QED) is 0.268. The van der Waals surface area contributed by atoms with Crippen LogP contribution in [0.5, 0.6) is 0 Å². The Morgan fingerprint density at radius 1 is 0.524 bits per heavy atom. The van der Waals surface area contributed by atoms with E-state index in [4.69, 9.17) is 0 Å². The zero-order valence-corrected chi connectivity index (χ0v) is 15.1. The Kier molecular flexibility index (Phi) is 19.9. The van der Waals surface area contributed by atoms with Crippen molar-refractivity contribution in [3.05, 3.63) is 6.54 Å². The second kappa shape index (κ2) is 20.0. The van der Waals surface area contributed by atoms with Gasteiger partial charge in [0.1, 0.15) is 0 Å². The fraction of sp³-hybridized carbons (Fsp3) is 0.950. The molecule has 1 radical (unpaired) electrons. The van der Waals surface area contributed by atoms with Gasteiger partial charge in [0.25, 0.3) is 0 Å². The molecule has 0 aromatic rings. The van der Waals surface area contributed by atoms with Crippen molar-refractivity contribution in [1.29, 1.82) is 0 Å². The summed E-state index contributed by atoms with van der Waals surface area (Å²) in [5.74, 6) is 0. The van der Waals surface area contributed by atoms with Gasteiger partial charge < -0.3 is 5.32 Å². The minimum atomic E-state index is 1.18. The van der Waals surface area contributed by atoms with Gasteiger partial charge >= 0.3 is 0 Å². The molecule has 0 fully saturated rings. The molecule has 0 aliphatic carbocycles. The molecular formula is C20H42N. The summed E-state index contributed by atoms with van der Waals surface area (Å²) in [5, 5.41) is 3.48. The fourth-order valence-electron chi connectivity index (χ4n) is 2.77. The van der Waals surface area contributed by atoms with Crippen LogP contribution in [0.2, 0.25) is 0 Å². The van der Waals surface area contributed by atoms with Gasteiger partial charge in [-0.25, -0.2) is 0 Å². The lowest BCUT2D eigenvalue weighted by molar-refractivity contribution is 0.553. The summed E-state index contributed by atoms with van der Waals surface area (Å²) in [7, 11) is 0. The van der Waals surface area contributed by atoms with Crippen molar-refractivity contribution in [2.75, 3.05) is 6.54 Å². The van der Waals surface area contributed by atoms with Gasteiger partial charge in [0.2, 0.25) is 0 Å². The van der Waals surface area contributed by atoms with Crippen LogP contribution in [0, 0.1) is 6.54 Å². The van der Waals surface area contributed by atoms with Gasteiger partial charge in [-0.3, -0.25) is 0 Å². The predicted octanol–water partition coefficient (Wildman–Crippen LogP) is 7.02. The lowest BCUT2D eigenvalue weighted by Gasteiger charge is -2.05. The molecule has 0 aromatic heterocycles. The first-order valence-corrected chi connectivity index (χ1v) is 9.96. The smallest absolute Gasteiger partial charge is 0.0221 e. The van der Waals surface area contributed by atoms with E-state index in [0.29, 0.717) is 0 Å². The molecule has 0 heterocycles. The summed E-state index contributed by atoms with van der Waals surface area (Å²) < 4.78 is 0. The van der Waals surface area contributed by atoms with Gasteiger partial charge in [0.05, 0.1) is 0 Å². The highest BCUT2D eigenvalue weighted by molar-refractivity contribution is 4.62. The first-order chi connectivity index (χ1) is 10.4. The first kappa shape index (κ1) is 21.0. The molecule has 0 aliphatic rings. The van der Waals surface area contributed by atoms with Crippen LogP contribution in [0.3, 0.4) is 0 Å². The first-order valence-electron chi connectivity index (χ1n) is 9.96. The Bertz CT molecular complexity index is 149. The summed E-state index contributed by atoms with van der Waals surface area (Å²) in [6.45, 7) is 8.05. The molecule has 21 heavy (non-hydrogen) atoms. The largest absolute Gasteiger partial charge is 0.312 e. The summed E-state index contributed by atoms with van der Waals surface area (Å²) in [6.07, 6.45) is 22.5. The van der Waals surface area contributed by atoms with Crippen molar-refractivity contribution in [2.24, 2.45) is 0 Å². The molecule has 0 rings (SSSR count). The van der Waals surface area contributed by atoms with E-state index in [9.17, 15) is 0 Å². The van der Waals surface area contributed by atoms with Crippen molar-refractivity contribution in [2.45, 2.75) is 117 Å². The molecule has 0 saturated carbocycles. The van der Waals surface area contributed by atoms with Gasteiger partial charge in [-0.2, -0.15) is 0 Å². The van der Waals surface area contributed by atoms with Crippen LogP contribution in [0.1, 0.15) is 117 Å². The Morgan fingerprint density at radius 3 is 1.48 bits per heavy atom. The van der Waals surface area contributed by atoms with E-state index in [-0.39, 0.29) is 0 Å². The van der Waals surface area contributed by atoms with E-state index in [1.165, 1.54) is 109 Å². The summed E-state index contributed by atoms with van der Waals surface area (Å²) in [6, 6.07) is 0. The van der Waals surface area contributed by atoms with Crippen molar-refractivity contribution in [1.82, 2.24) is 5.32 Å². The second-order valence-electron chi connectivity index (χ2n) is 6.54. The maximum Gasteiger partial charge on any atom is 0.0221 e. The summed E-state index contributed by atoms with van der Waals surface area (Å²) >= 11 is 0. The zero-order valence-electron chi connectivity index (χ0n) is 15.1. The molecule has 1 N–H and O–H groups in total. The normalized spacial score (nSPS) is 11.1. The van der Waals surface area contributed by atoms with Crippen LogP contribution in [0.25, 0.3) is 0 Å². The SMILES string of the molecule is CCCCCCCCCCC[CH]NCCCCCCCC. The minimum absolute atomic E-state index is 1.18. The van der Waals surface area contributed by atoms with Gasteiger partial charge in [-0.15, -0.1) is 0 Å². The third-order valence-corrected chi connectivity index (χ3v) is 4.27. The highest BCUT2D eigenvalue weighted by atomic mass is 14.8. The molecule has 0 spiro atoms. The molecule has 0 amide bonds. The van der Waals surface area contributed by atoms with Crippen LogP contribution in [-0.2, 0) is 0 Å². The summed E-state index contributed by atoms with van der Waals surface area (Å²) in [5.41, 5.74) is 0. The zero-order chi connectivity index (χ0) is 15.4. The van der Waals surface area contributed by atoms with Gasteiger partial charge in [-0.1, -0.05) is 104 Å². The fourth-order valence-corrected chi connectivity index (χ4v) is 2.77. The molecule has 127 valence electrons. The average Bonchev–Trinajstić information content (AvgIpc) is 2.50. The predicted molar refractivity (Wildman–Crippen MR) is 97.5 cm³/mol. The standard InChI is InChI=1S/C20H42N/c1-3-5-7-9-11-12-13-14-16-18-20-21-19-17-15-10-8-6-4-2/h20-21H,3-19H2,1-2H3. The van der Waals surface area contributed by atoms with Crippen LogP contribution in [0.4, 0.5) is 0 Å². The average molecular weight is 297 g/mol.